The summed E-state index contributed by atoms with van der Waals surface area (Å²) < 4.78 is 50.3. The fourth-order valence-electron chi connectivity index (χ4n) is 3.13. The first-order valence-electron chi connectivity index (χ1n) is 9.64. The van der Waals surface area contributed by atoms with E-state index in [4.69, 9.17) is 14.9 Å². The van der Waals surface area contributed by atoms with Crippen LogP contribution in [0.3, 0.4) is 0 Å². The molecule has 0 saturated carbocycles. The minimum Gasteiger partial charge on any atom is -0.493 e. The average molecular weight is 474 g/mol. The lowest BCUT2D eigenvalue weighted by Gasteiger charge is -2.20. The van der Waals surface area contributed by atoms with E-state index in [9.17, 15) is 18.0 Å². The highest BCUT2D eigenvalue weighted by Crippen LogP contribution is 2.36. The zero-order valence-electron chi connectivity index (χ0n) is 17.4. The molecular weight excluding hydrogens is 457 g/mol. The third-order valence-corrected chi connectivity index (χ3v) is 5.72. The summed E-state index contributed by atoms with van der Waals surface area (Å²) in [4.78, 5) is 16.1. The Morgan fingerprint density at radius 2 is 1.88 bits per heavy atom. The van der Waals surface area contributed by atoms with Crippen molar-refractivity contribution in [1.29, 1.82) is 5.41 Å². The summed E-state index contributed by atoms with van der Waals surface area (Å²) in [6, 6.07) is 14.5. The Hall–Kier alpha value is -3.60. The Balaban J connectivity index is 1.60. The van der Waals surface area contributed by atoms with Gasteiger partial charge in [-0.1, -0.05) is 36.4 Å². The van der Waals surface area contributed by atoms with Crippen LogP contribution in [0.1, 0.15) is 24.2 Å². The third kappa shape index (κ3) is 4.63. The monoisotopic (exact) mass is 474 g/mol. The number of alkyl halides is 3. The van der Waals surface area contributed by atoms with Gasteiger partial charge in [-0.2, -0.15) is 28.3 Å². The van der Waals surface area contributed by atoms with Crippen molar-refractivity contribution in [3.63, 3.8) is 0 Å². The number of aliphatic imine (C=N–C) groups is 1. The molecule has 2 aliphatic rings. The van der Waals surface area contributed by atoms with E-state index in [1.54, 1.807) is 18.2 Å². The van der Waals surface area contributed by atoms with Crippen LogP contribution >= 0.6 is 11.8 Å². The van der Waals surface area contributed by atoms with Crippen molar-refractivity contribution in [2.45, 2.75) is 19.2 Å². The van der Waals surface area contributed by atoms with Crippen LogP contribution in [0.4, 0.5) is 13.2 Å². The number of carbonyl (C=O) groups is 1. The minimum atomic E-state index is -4.70. The highest BCUT2D eigenvalue weighted by molar-refractivity contribution is 8.27. The molecule has 170 valence electrons. The van der Waals surface area contributed by atoms with Gasteiger partial charge >= 0.3 is 6.18 Å². The van der Waals surface area contributed by atoms with E-state index in [0.29, 0.717) is 22.1 Å². The molecule has 1 atom stereocenters. The topological polar surface area (TPSA) is 87.3 Å². The summed E-state index contributed by atoms with van der Waals surface area (Å²) in [6.45, 7) is 1.89. The molecular formula is C22H17F3N4O3S. The first-order chi connectivity index (χ1) is 15.7. The standard InChI is InChI=1S/C22H17F3N4O3S/c1-12(14-6-4-3-5-7-14)32-16-9-8-13(11-17(16)31-2)10-15-18(26)29-21(27-19(15)30)33-20(28-29)22(23,24)25/h3-12,26H,1-2H3/b15-10+,26-18?. The van der Waals surface area contributed by atoms with Crippen molar-refractivity contribution in [2.75, 3.05) is 7.11 Å². The summed E-state index contributed by atoms with van der Waals surface area (Å²) in [5.41, 5.74) is 1.26. The lowest BCUT2D eigenvalue weighted by atomic mass is 10.1. The summed E-state index contributed by atoms with van der Waals surface area (Å²) in [6.07, 6.45) is -3.60. The highest BCUT2D eigenvalue weighted by Gasteiger charge is 2.46. The lowest BCUT2D eigenvalue weighted by molar-refractivity contribution is -0.114. The van der Waals surface area contributed by atoms with Gasteiger partial charge in [0.25, 0.3) is 5.91 Å². The number of hydrogen-bond acceptors (Lipinski definition) is 6. The first-order valence-corrected chi connectivity index (χ1v) is 10.5. The zero-order valence-corrected chi connectivity index (χ0v) is 18.2. The number of hydrogen-bond donors (Lipinski definition) is 1. The van der Waals surface area contributed by atoms with E-state index in [1.165, 1.54) is 13.2 Å². The molecule has 7 nitrogen and oxygen atoms in total. The number of nitrogens with one attached hydrogen (secondary N) is 1. The number of amidine groups is 2. The van der Waals surface area contributed by atoms with E-state index in [0.717, 1.165) is 5.56 Å². The molecule has 0 radical (unpaired) electrons. The number of nitrogens with zero attached hydrogens (tertiary/aromatic N) is 3. The maximum absolute atomic E-state index is 13.0. The number of ether oxygens (including phenoxy) is 2. The molecule has 0 aliphatic carbocycles. The molecule has 33 heavy (non-hydrogen) atoms. The van der Waals surface area contributed by atoms with Gasteiger partial charge in [-0.15, -0.1) is 0 Å². The normalized spacial score (nSPS) is 18.1. The van der Waals surface area contributed by atoms with Crippen LogP contribution < -0.4 is 9.47 Å². The number of benzene rings is 2. The largest absolute Gasteiger partial charge is 0.493 e. The summed E-state index contributed by atoms with van der Waals surface area (Å²) in [7, 11) is 1.46. The molecule has 0 spiro atoms. The van der Waals surface area contributed by atoms with Gasteiger partial charge in [0.2, 0.25) is 10.2 Å². The van der Waals surface area contributed by atoms with Crippen molar-refractivity contribution < 1.29 is 27.4 Å². The number of methoxy groups -OCH3 is 1. The van der Waals surface area contributed by atoms with Gasteiger partial charge in [0, 0.05) is 0 Å². The summed E-state index contributed by atoms with van der Waals surface area (Å²) in [5, 5.41) is 10.8. The third-order valence-electron chi connectivity index (χ3n) is 4.77. The molecule has 0 saturated heterocycles. The van der Waals surface area contributed by atoms with E-state index < -0.39 is 23.0 Å². The maximum atomic E-state index is 13.0. The quantitative estimate of drug-likeness (QED) is 0.615. The fourth-order valence-corrected chi connectivity index (χ4v) is 3.89. The van der Waals surface area contributed by atoms with E-state index in [-0.39, 0.29) is 28.6 Å². The number of rotatable bonds is 5. The molecule has 1 unspecified atom stereocenters. The fraction of sp³-hybridized carbons (Fsp3) is 0.182. The van der Waals surface area contributed by atoms with Crippen molar-refractivity contribution in [3.8, 4) is 11.5 Å². The predicted octanol–water partition coefficient (Wildman–Crippen LogP) is 5.02. The first kappa shape index (κ1) is 22.6. The van der Waals surface area contributed by atoms with Crippen LogP contribution in [0.25, 0.3) is 6.08 Å². The molecule has 11 heteroatoms. The Bertz CT molecular complexity index is 1210. The SMILES string of the molecule is COc1cc(/C=C2\C(=N)N3N=C(C(F)(F)F)SC3=NC2=O)ccc1OC(C)c1ccccc1. The molecule has 2 aromatic rings. The Labute approximate surface area is 191 Å². The van der Waals surface area contributed by atoms with Gasteiger partial charge in [-0.05, 0) is 48.0 Å². The molecule has 1 N–H and O–H groups in total. The van der Waals surface area contributed by atoms with Crippen LogP contribution in [0.2, 0.25) is 0 Å². The van der Waals surface area contributed by atoms with Gasteiger partial charge in [0.05, 0.1) is 12.7 Å². The molecule has 0 fully saturated rings. The maximum Gasteiger partial charge on any atom is 0.441 e. The van der Waals surface area contributed by atoms with E-state index in [2.05, 4.69) is 10.1 Å². The second-order valence-electron chi connectivity index (χ2n) is 7.00. The lowest BCUT2D eigenvalue weighted by Crippen LogP contribution is -2.35. The number of halogens is 3. The number of amides is 1. The molecule has 2 heterocycles. The van der Waals surface area contributed by atoms with Crippen LogP contribution in [-0.4, -0.2) is 40.2 Å². The Kier molecular flexibility index (Phi) is 5.98. The summed E-state index contributed by atoms with van der Waals surface area (Å²) >= 11 is 0.205. The smallest absolute Gasteiger partial charge is 0.441 e. The Morgan fingerprint density at radius 1 is 1.15 bits per heavy atom. The van der Waals surface area contributed by atoms with Gasteiger partial charge in [0.15, 0.2) is 17.3 Å². The van der Waals surface area contributed by atoms with Crippen LogP contribution in [0.5, 0.6) is 11.5 Å². The van der Waals surface area contributed by atoms with E-state index in [1.807, 2.05) is 37.3 Å². The second-order valence-corrected chi connectivity index (χ2v) is 7.96. The minimum absolute atomic E-state index is 0.195. The van der Waals surface area contributed by atoms with Gasteiger partial charge < -0.3 is 9.47 Å². The van der Waals surface area contributed by atoms with Gasteiger partial charge in [-0.25, -0.2) is 0 Å². The highest BCUT2D eigenvalue weighted by atomic mass is 32.2. The average Bonchev–Trinajstić information content (AvgIpc) is 3.23. The van der Waals surface area contributed by atoms with E-state index >= 15 is 0 Å². The van der Waals surface area contributed by atoms with Crippen molar-refractivity contribution in [1.82, 2.24) is 5.01 Å². The van der Waals surface area contributed by atoms with Crippen LogP contribution in [0, 0.1) is 5.41 Å². The molecule has 2 aliphatic heterocycles. The summed E-state index contributed by atoms with van der Waals surface area (Å²) in [5.74, 6) is -0.458. The number of thioether (sulfide) groups is 1. The van der Waals surface area contributed by atoms with Crippen molar-refractivity contribution in [3.05, 3.63) is 65.2 Å². The molecule has 1 amide bonds. The molecule has 2 aromatic carbocycles. The van der Waals surface area contributed by atoms with Gasteiger partial charge in [-0.3, -0.25) is 10.2 Å². The number of fused-ring (bicyclic) bond motifs is 1. The van der Waals surface area contributed by atoms with Crippen molar-refractivity contribution in [2.24, 2.45) is 10.1 Å². The van der Waals surface area contributed by atoms with Gasteiger partial charge in [0.1, 0.15) is 6.10 Å². The zero-order chi connectivity index (χ0) is 23.8. The van der Waals surface area contributed by atoms with Crippen LogP contribution in [0.15, 0.2) is 64.2 Å². The molecule has 0 bridgehead atoms. The molecule has 0 aromatic heterocycles. The molecule has 4 rings (SSSR count). The van der Waals surface area contributed by atoms with Crippen molar-refractivity contribution >= 4 is 39.8 Å². The number of carbonyl (C=O) groups excluding carboxylic acids is 1. The van der Waals surface area contributed by atoms with Crippen LogP contribution in [-0.2, 0) is 4.79 Å². The predicted molar refractivity (Wildman–Crippen MR) is 120 cm³/mol. The number of hydrazone groups is 1. The second kappa shape index (κ2) is 8.74. The Morgan fingerprint density at radius 3 is 2.55 bits per heavy atom.